The van der Waals surface area contributed by atoms with E-state index in [2.05, 4.69) is 44.2 Å². The predicted octanol–water partition coefficient (Wildman–Crippen LogP) is 4.73. The molecule has 1 amide bonds. The van der Waals surface area contributed by atoms with Crippen LogP contribution in [0.15, 0.2) is 54.7 Å². The standard InChI is InChI=1S/C28H37N3O5Si/c1-28(2,3)37(4,5)36-26(19-11-13-20(14-12-19)35-16-8-15-29)24(18-32)31-27(34)25(33)22-17-30-23-10-7-6-9-21(22)23/h6-7,9-14,17,24-26,30,32-33H,8,16,18H2,1-5H3,(H,31,34)/t24-,25?,26-/m1/s1. The van der Waals surface area contributed by atoms with Crippen molar-refractivity contribution in [2.24, 2.45) is 0 Å². The van der Waals surface area contributed by atoms with Crippen LogP contribution in [-0.2, 0) is 9.22 Å². The molecular formula is C28H37N3O5Si. The van der Waals surface area contributed by atoms with Gasteiger partial charge in [-0.2, -0.15) is 5.26 Å². The summed E-state index contributed by atoms with van der Waals surface area (Å²) in [5, 5.41) is 33.5. The second kappa shape index (κ2) is 11.9. The van der Waals surface area contributed by atoms with Crippen LogP contribution in [0.4, 0.5) is 0 Å². The van der Waals surface area contributed by atoms with Gasteiger partial charge >= 0.3 is 0 Å². The molecule has 0 aliphatic rings. The van der Waals surface area contributed by atoms with Gasteiger partial charge in [0.05, 0.1) is 31.2 Å². The number of aromatic amines is 1. The first-order valence-electron chi connectivity index (χ1n) is 12.4. The van der Waals surface area contributed by atoms with E-state index in [1.807, 2.05) is 42.5 Å². The van der Waals surface area contributed by atoms with E-state index in [1.165, 1.54) is 0 Å². The molecule has 1 aromatic heterocycles. The molecule has 3 rings (SSSR count). The zero-order valence-corrected chi connectivity index (χ0v) is 23.1. The quantitative estimate of drug-likeness (QED) is 0.212. The number of para-hydroxylation sites is 1. The summed E-state index contributed by atoms with van der Waals surface area (Å²) in [7, 11) is -2.33. The highest BCUT2D eigenvalue weighted by Gasteiger charge is 2.42. The molecule has 1 unspecified atom stereocenters. The minimum absolute atomic E-state index is 0.112. The van der Waals surface area contributed by atoms with E-state index in [-0.39, 0.29) is 18.1 Å². The highest BCUT2D eigenvalue weighted by atomic mass is 28.4. The van der Waals surface area contributed by atoms with Crippen LogP contribution in [0.1, 0.15) is 50.5 Å². The summed E-state index contributed by atoms with van der Waals surface area (Å²) in [6.45, 7) is 10.5. The molecule has 0 saturated carbocycles. The van der Waals surface area contributed by atoms with Crippen molar-refractivity contribution in [3.8, 4) is 11.8 Å². The van der Waals surface area contributed by atoms with Crippen molar-refractivity contribution in [2.45, 2.75) is 63.6 Å². The number of fused-ring (bicyclic) bond motifs is 1. The summed E-state index contributed by atoms with van der Waals surface area (Å²) < 4.78 is 12.3. The average Bonchev–Trinajstić information content (AvgIpc) is 3.29. The molecule has 9 heteroatoms. The number of aromatic nitrogens is 1. The van der Waals surface area contributed by atoms with Crippen molar-refractivity contribution < 1.29 is 24.2 Å². The molecule has 3 aromatic rings. The molecule has 0 aliphatic carbocycles. The zero-order valence-electron chi connectivity index (χ0n) is 22.1. The molecule has 37 heavy (non-hydrogen) atoms. The van der Waals surface area contributed by atoms with Crippen molar-refractivity contribution in [1.29, 1.82) is 5.26 Å². The minimum atomic E-state index is -2.33. The maximum atomic E-state index is 13.2. The number of H-pyrrole nitrogens is 1. The fourth-order valence-electron chi connectivity index (χ4n) is 3.79. The lowest BCUT2D eigenvalue weighted by atomic mass is 10.0. The number of nitrogens with one attached hydrogen (secondary N) is 2. The van der Waals surface area contributed by atoms with Crippen molar-refractivity contribution in [3.05, 3.63) is 65.9 Å². The van der Waals surface area contributed by atoms with Crippen LogP contribution >= 0.6 is 0 Å². The van der Waals surface area contributed by atoms with Crippen LogP contribution in [-0.4, -0.2) is 48.7 Å². The summed E-state index contributed by atoms with van der Waals surface area (Å²) in [6.07, 6.45) is -0.166. The number of nitriles is 1. The molecule has 0 spiro atoms. The minimum Gasteiger partial charge on any atom is -0.493 e. The molecule has 0 aliphatic heterocycles. The van der Waals surface area contributed by atoms with E-state index in [9.17, 15) is 15.0 Å². The summed E-state index contributed by atoms with van der Waals surface area (Å²) in [5.41, 5.74) is 2.04. The number of carbonyl (C=O) groups excluding carboxylic acids is 1. The highest BCUT2D eigenvalue weighted by molar-refractivity contribution is 6.74. The van der Waals surface area contributed by atoms with Crippen LogP contribution in [0, 0.1) is 11.3 Å². The van der Waals surface area contributed by atoms with Gasteiger partial charge in [0, 0.05) is 22.7 Å². The lowest BCUT2D eigenvalue weighted by molar-refractivity contribution is -0.131. The topological polar surface area (TPSA) is 128 Å². The Bertz CT molecular complexity index is 1230. The number of ether oxygens (including phenoxy) is 1. The van der Waals surface area contributed by atoms with Crippen molar-refractivity contribution in [2.75, 3.05) is 13.2 Å². The first kappa shape index (κ1) is 28.4. The van der Waals surface area contributed by atoms with Crippen LogP contribution in [0.25, 0.3) is 10.9 Å². The lowest BCUT2D eigenvalue weighted by Crippen LogP contribution is -2.50. The highest BCUT2D eigenvalue weighted by Crippen LogP contribution is 2.41. The van der Waals surface area contributed by atoms with Crippen molar-refractivity contribution in [3.63, 3.8) is 0 Å². The first-order chi connectivity index (χ1) is 17.5. The molecular weight excluding hydrogens is 486 g/mol. The Morgan fingerprint density at radius 2 is 1.84 bits per heavy atom. The fraction of sp³-hybridized carbons (Fsp3) is 0.429. The SMILES string of the molecule is CC(C)(C)[Si](C)(C)O[C@H](c1ccc(OCCC#N)cc1)[C@@H](CO)NC(=O)C(O)c1c[nH]c2ccccc12. The maximum Gasteiger partial charge on any atom is 0.253 e. The third-order valence-corrected chi connectivity index (χ3v) is 11.4. The Labute approximate surface area is 219 Å². The van der Waals surface area contributed by atoms with Gasteiger partial charge in [-0.15, -0.1) is 0 Å². The summed E-state index contributed by atoms with van der Waals surface area (Å²) >= 11 is 0. The van der Waals surface area contributed by atoms with Crippen molar-refractivity contribution in [1.82, 2.24) is 10.3 Å². The van der Waals surface area contributed by atoms with Gasteiger partial charge in [-0.3, -0.25) is 4.79 Å². The number of hydrogen-bond donors (Lipinski definition) is 4. The van der Waals surface area contributed by atoms with E-state index in [0.29, 0.717) is 17.9 Å². The number of carbonyl (C=O) groups is 1. The van der Waals surface area contributed by atoms with Gasteiger partial charge in [0.15, 0.2) is 14.4 Å². The fourth-order valence-corrected chi connectivity index (χ4v) is 5.07. The Balaban J connectivity index is 1.87. The Morgan fingerprint density at radius 1 is 1.16 bits per heavy atom. The monoisotopic (exact) mass is 523 g/mol. The van der Waals surface area contributed by atoms with Crippen LogP contribution in [0.2, 0.25) is 18.1 Å². The van der Waals surface area contributed by atoms with E-state index in [1.54, 1.807) is 18.3 Å². The van der Waals surface area contributed by atoms with Gasteiger partial charge in [0.2, 0.25) is 0 Å². The van der Waals surface area contributed by atoms with Gasteiger partial charge in [-0.1, -0.05) is 51.1 Å². The number of benzene rings is 2. The van der Waals surface area contributed by atoms with Gasteiger partial charge < -0.3 is 29.7 Å². The molecule has 3 atom stereocenters. The number of hydrogen-bond acceptors (Lipinski definition) is 6. The Kier molecular flexibility index (Phi) is 9.15. The number of nitrogens with zero attached hydrogens (tertiary/aromatic N) is 1. The molecule has 0 bridgehead atoms. The Morgan fingerprint density at radius 3 is 2.46 bits per heavy atom. The van der Waals surface area contributed by atoms with Crippen molar-refractivity contribution >= 4 is 25.1 Å². The molecule has 8 nitrogen and oxygen atoms in total. The summed E-state index contributed by atoms with van der Waals surface area (Å²) in [6, 6.07) is 15.9. The molecule has 2 aromatic carbocycles. The second-order valence-corrected chi connectivity index (χ2v) is 15.4. The van der Waals surface area contributed by atoms with E-state index in [4.69, 9.17) is 14.4 Å². The lowest BCUT2D eigenvalue weighted by Gasteiger charge is -2.41. The summed E-state index contributed by atoms with van der Waals surface area (Å²) in [4.78, 5) is 16.2. The third-order valence-electron chi connectivity index (χ3n) is 6.97. The first-order valence-corrected chi connectivity index (χ1v) is 15.3. The second-order valence-electron chi connectivity index (χ2n) is 10.6. The molecule has 1 heterocycles. The van der Waals surface area contributed by atoms with E-state index in [0.717, 1.165) is 16.5 Å². The van der Waals surface area contributed by atoms with Gasteiger partial charge in [0.25, 0.3) is 5.91 Å². The number of aliphatic hydroxyl groups excluding tert-OH is 2. The van der Waals surface area contributed by atoms with Gasteiger partial charge in [0.1, 0.15) is 12.4 Å². The Hall–Kier alpha value is -3.16. The number of rotatable bonds is 11. The smallest absolute Gasteiger partial charge is 0.253 e. The molecule has 4 N–H and O–H groups in total. The molecule has 0 radical (unpaired) electrons. The number of amides is 1. The van der Waals surface area contributed by atoms with E-state index < -0.39 is 32.5 Å². The van der Waals surface area contributed by atoms with Crippen LogP contribution in [0.3, 0.4) is 0 Å². The third kappa shape index (κ3) is 6.79. The largest absolute Gasteiger partial charge is 0.493 e. The van der Waals surface area contributed by atoms with Crippen LogP contribution in [0.5, 0.6) is 5.75 Å². The molecule has 198 valence electrons. The molecule has 0 fully saturated rings. The average molecular weight is 524 g/mol. The van der Waals surface area contributed by atoms with Gasteiger partial charge in [-0.25, -0.2) is 0 Å². The van der Waals surface area contributed by atoms with Crippen LogP contribution < -0.4 is 10.1 Å². The predicted molar refractivity (Wildman–Crippen MR) is 145 cm³/mol. The number of aliphatic hydroxyl groups is 2. The molecule has 0 saturated heterocycles. The zero-order chi connectivity index (χ0) is 27.2. The van der Waals surface area contributed by atoms with E-state index >= 15 is 0 Å². The normalized spacial score (nSPS) is 14.5. The summed E-state index contributed by atoms with van der Waals surface area (Å²) in [5.74, 6) is -0.00601. The van der Waals surface area contributed by atoms with Gasteiger partial charge in [-0.05, 0) is 41.9 Å². The maximum absolute atomic E-state index is 13.2.